The third-order valence-electron chi connectivity index (χ3n) is 2.98. The number of aryl methyl sites for hydroxylation is 2. The molecule has 0 aromatic carbocycles. The highest BCUT2D eigenvalue weighted by Gasteiger charge is 2.28. The molecule has 0 saturated heterocycles. The molecule has 1 aromatic heterocycles. The summed E-state index contributed by atoms with van der Waals surface area (Å²) in [5.41, 5.74) is 5.91. The molecule has 0 aliphatic heterocycles. The van der Waals surface area contributed by atoms with E-state index < -0.39 is 5.54 Å². The van der Waals surface area contributed by atoms with E-state index in [0.717, 1.165) is 30.0 Å². The minimum absolute atomic E-state index is 0.362. The number of carbonyl (C=O) groups excluding carboxylic acids is 1. The van der Waals surface area contributed by atoms with Crippen LogP contribution < -0.4 is 5.73 Å². The summed E-state index contributed by atoms with van der Waals surface area (Å²) in [4.78, 5) is 15.7. The number of rotatable bonds is 7. The van der Waals surface area contributed by atoms with Gasteiger partial charge >= 0.3 is 5.97 Å². The molecule has 0 amide bonds. The average molecular weight is 286 g/mol. The Bertz CT molecular complexity index is 410. The number of oxazole rings is 1. The molecule has 1 rings (SSSR count). The monoisotopic (exact) mass is 286 g/mol. The molecule has 0 saturated carbocycles. The number of methoxy groups -OCH3 is 1. The molecular formula is C13H22N2O3S. The Hall–Kier alpha value is -1.01. The highest BCUT2D eigenvalue weighted by molar-refractivity contribution is 7.99. The number of hydrogen-bond donors (Lipinski definition) is 1. The fraction of sp³-hybridized carbons (Fsp3) is 0.692. The molecule has 0 fully saturated rings. The molecule has 108 valence electrons. The second kappa shape index (κ2) is 6.96. The van der Waals surface area contributed by atoms with Gasteiger partial charge in [0.2, 0.25) is 0 Å². The van der Waals surface area contributed by atoms with Gasteiger partial charge in [0.15, 0.2) is 0 Å². The van der Waals surface area contributed by atoms with Crippen molar-refractivity contribution in [3.05, 3.63) is 11.5 Å². The molecule has 1 unspecified atom stereocenters. The van der Waals surface area contributed by atoms with Crippen LogP contribution in [0.3, 0.4) is 0 Å². The van der Waals surface area contributed by atoms with Crippen molar-refractivity contribution in [2.24, 2.45) is 5.73 Å². The first kappa shape index (κ1) is 16.0. The Morgan fingerprint density at radius 1 is 1.47 bits per heavy atom. The van der Waals surface area contributed by atoms with Gasteiger partial charge < -0.3 is 14.9 Å². The maximum atomic E-state index is 11.4. The molecule has 1 heterocycles. The highest BCUT2D eigenvalue weighted by Crippen LogP contribution is 2.22. The van der Waals surface area contributed by atoms with Gasteiger partial charge in [-0.25, -0.2) is 4.98 Å². The summed E-state index contributed by atoms with van der Waals surface area (Å²) in [6, 6.07) is 0. The third kappa shape index (κ3) is 4.87. The van der Waals surface area contributed by atoms with Gasteiger partial charge in [-0.05, 0) is 33.6 Å². The lowest BCUT2D eigenvalue weighted by Gasteiger charge is -2.20. The topological polar surface area (TPSA) is 78.4 Å². The first-order valence-corrected chi connectivity index (χ1v) is 7.29. The predicted molar refractivity (Wildman–Crippen MR) is 75.2 cm³/mol. The van der Waals surface area contributed by atoms with Crippen molar-refractivity contribution in [2.45, 2.75) is 50.8 Å². The SMILES string of the molecule is COC(=O)C(C)(N)CCCCSc1nc(C)c(C)o1. The van der Waals surface area contributed by atoms with Crippen LogP contribution in [0.1, 0.15) is 37.6 Å². The van der Waals surface area contributed by atoms with Crippen molar-refractivity contribution in [2.75, 3.05) is 12.9 Å². The summed E-state index contributed by atoms with van der Waals surface area (Å²) in [6.45, 7) is 5.54. The van der Waals surface area contributed by atoms with E-state index in [4.69, 9.17) is 10.2 Å². The maximum absolute atomic E-state index is 11.4. The summed E-state index contributed by atoms with van der Waals surface area (Å²) in [5.74, 6) is 1.40. The Labute approximate surface area is 118 Å². The Morgan fingerprint density at radius 2 is 2.16 bits per heavy atom. The lowest BCUT2D eigenvalue weighted by atomic mass is 9.97. The van der Waals surface area contributed by atoms with Gasteiger partial charge in [-0.1, -0.05) is 18.2 Å². The molecule has 0 aliphatic carbocycles. The highest BCUT2D eigenvalue weighted by atomic mass is 32.2. The smallest absolute Gasteiger partial charge is 0.325 e. The van der Waals surface area contributed by atoms with Crippen molar-refractivity contribution in [3.8, 4) is 0 Å². The zero-order chi connectivity index (χ0) is 14.5. The van der Waals surface area contributed by atoms with E-state index in [1.54, 1.807) is 18.7 Å². The van der Waals surface area contributed by atoms with Crippen LogP contribution in [0.2, 0.25) is 0 Å². The second-order valence-corrected chi connectivity index (χ2v) is 5.88. The molecule has 6 heteroatoms. The number of hydrogen-bond acceptors (Lipinski definition) is 6. The Balaban J connectivity index is 2.23. The van der Waals surface area contributed by atoms with E-state index in [0.29, 0.717) is 11.6 Å². The third-order valence-corrected chi connectivity index (χ3v) is 3.89. The summed E-state index contributed by atoms with van der Waals surface area (Å²) in [7, 11) is 1.36. The molecule has 5 nitrogen and oxygen atoms in total. The van der Waals surface area contributed by atoms with E-state index in [9.17, 15) is 4.79 Å². The van der Waals surface area contributed by atoms with Crippen molar-refractivity contribution < 1.29 is 13.9 Å². The van der Waals surface area contributed by atoms with E-state index in [1.807, 2.05) is 13.8 Å². The van der Waals surface area contributed by atoms with Gasteiger partial charge in [-0.3, -0.25) is 4.79 Å². The van der Waals surface area contributed by atoms with Crippen molar-refractivity contribution in [1.29, 1.82) is 0 Å². The van der Waals surface area contributed by atoms with Crippen LogP contribution >= 0.6 is 11.8 Å². The number of ether oxygens (including phenoxy) is 1. The molecule has 19 heavy (non-hydrogen) atoms. The fourth-order valence-electron chi connectivity index (χ4n) is 1.59. The van der Waals surface area contributed by atoms with Gasteiger partial charge in [-0.15, -0.1) is 0 Å². The normalized spacial score (nSPS) is 14.2. The molecule has 0 radical (unpaired) electrons. The van der Waals surface area contributed by atoms with Crippen LogP contribution in [0.5, 0.6) is 0 Å². The molecule has 0 bridgehead atoms. The van der Waals surface area contributed by atoms with Crippen molar-refractivity contribution in [3.63, 3.8) is 0 Å². The molecule has 2 N–H and O–H groups in total. The summed E-state index contributed by atoms with van der Waals surface area (Å²) < 4.78 is 10.1. The van der Waals surface area contributed by atoms with Crippen LogP contribution in [-0.2, 0) is 9.53 Å². The number of thioether (sulfide) groups is 1. The standard InChI is InChI=1S/C13H22N2O3S/c1-9-10(2)18-12(15-9)19-8-6-5-7-13(3,14)11(16)17-4/h5-8,14H2,1-4H3. The largest absolute Gasteiger partial charge is 0.468 e. The molecule has 0 spiro atoms. The molecule has 1 atom stereocenters. The average Bonchev–Trinajstić information content (AvgIpc) is 2.67. The van der Waals surface area contributed by atoms with Gasteiger partial charge in [0, 0.05) is 5.75 Å². The second-order valence-electron chi connectivity index (χ2n) is 4.84. The summed E-state index contributed by atoms with van der Waals surface area (Å²) in [6.07, 6.45) is 2.44. The lowest BCUT2D eigenvalue weighted by molar-refractivity contribution is -0.146. The van der Waals surface area contributed by atoms with Gasteiger partial charge in [-0.2, -0.15) is 0 Å². The summed E-state index contributed by atoms with van der Waals surface area (Å²) >= 11 is 1.59. The Kier molecular flexibility index (Phi) is 5.87. The number of nitrogens with two attached hydrogens (primary N) is 1. The molecule has 1 aromatic rings. The van der Waals surface area contributed by atoms with E-state index in [-0.39, 0.29) is 5.97 Å². The number of unbranched alkanes of at least 4 members (excludes halogenated alkanes) is 1. The Morgan fingerprint density at radius 3 is 2.68 bits per heavy atom. The van der Waals surface area contributed by atoms with Crippen LogP contribution in [0.15, 0.2) is 9.64 Å². The number of esters is 1. The molecule has 0 aliphatic rings. The quantitative estimate of drug-likeness (QED) is 0.471. The van der Waals surface area contributed by atoms with E-state index in [1.165, 1.54) is 7.11 Å². The van der Waals surface area contributed by atoms with Crippen molar-refractivity contribution >= 4 is 17.7 Å². The first-order valence-electron chi connectivity index (χ1n) is 6.31. The van der Waals surface area contributed by atoms with E-state index >= 15 is 0 Å². The van der Waals surface area contributed by atoms with Gasteiger partial charge in [0.05, 0.1) is 12.8 Å². The van der Waals surface area contributed by atoms with Gasteiger partial charge in [0.25, 0.3) is 5.22 Å². The van der Waals surface area contributed by atoms with Gasteiger partial charge in [0.1, 0.15) is 11.3 Å². The zero-order valence-corrected chi connectivity index (χ0v) is 12.8. The minimum atomic E-state index is -0.893. The van der Waals surface area contributed by atoms with Crippen LogP contribution in [0.4, 0.5) is 0 Å². The summed E-state index contributed by atoms with van der Waals surface area (Å²) in [5, 5.41) is 0.707. The molecular weight excluding hydrogens is 264 g/mol. The first-order chi connectivity index (χ1) is 8.86. The van der Waals surface area contributed by atoms with Crippen LogP contribution in [0, 0.1) is 13.8 Å². The minimum Gasteiger partial charge on any atom is -0.468 e. The fourth-order valence-corrected chi connectivity index (χ4v) is 2.50. The van der Waals surface area contributed by atoms with Crippen LogP contribution in [0.25, 0.3) is 0 Å². The van der Waals surface area contributed by atoms with E-state index in [2.05, 4.69) is 9.72 Å². The predicted octanol–water partition coefficient (Wildman–Crippen LogP) is 2.44. The van der Waals surface area contributed by atoms with Crippen LogP contribution in [-0.4, -0.2) is 29.4 Å². The van der Waals surface area contributed by atoms with Crippen molar-refractivity contribution in [1.82, 2.24) is 4.98 Å². The number of aromatic nitrogens is 1. The zero-order valence-electron chi connectivity index (χ0n) is 12.0. The maximum Gasteiger partial charge on any atom is 0.325 e. The number of nitrogens with zero attached hydrogens (tertiary/aromatic N) is 1. The number of carbonyl (C=O) groups is 1. The lowest BCUT2D eigenvalue weighted by Crippen LogP contribution is -2.45.